The zero-order chi connectivity index (χ0) is 17.6. The summed E-state index contributed by atoms with van der Waals surface area (Å²) < 4.78 is 38.1. The van der Waals surface area contributed by atoms with Crippen molar-refractivity contribution in [3.63, 3.8) is 0 Å². The van der Waals surface area contributed by atoms with Crippen LogP contribution in [0.5, 0.6) is 11.5 Å². The Morgan fingerprint density at radius 2 is 1.62 bits per heavy atom. The molecule has 0 spiro atoms. The average Bonchev–Trinajstić information content (AvgIpc) is 2.56. The molecule has 0 saturated heterocycles. The minimum absolute atomic E-state index is 0.216. The molecule has 2 aromatic carbocycles. The van der Waals surface area contributed by atoms with Crippen LogP contribution in [0.4, 0.5) is 0 Å². The van der Waals surface area contributed by atoms with Gasteiger partial charge in [-0.3, -0.25) is 0 Å². The van der Waals surface area contributed by atoms with E-state index in [9.17, 15) is 8.42 Å². The third-order valence-corrected chi connectivity index (χ3v) is 4.87. The zero-order valence-corrected chi connectivity index (χ0v) is 15.0. The van der Waals surface area contributed by atoms with Gasteiger partial charge in [-0.15, -0.1) is 0 Å². The van der Waals surface area contributed by atoms with E-state index < -0.39 is 10.0 Å². The highest BCUT2D eigenvalue weighted by molar-refractivity contribution is 7.89. The van der Waals surface area contributed by atoms with Crippen molar-refractivity contribution in [3.8, 4) is 11.5 Å². The maximum Gasteiger partial charge on any atom is 0.240 e. The summed E-state index contributed by atoms with van der Waals surface area (Å²) in [5.74, 6) is 1.47. The highest BCUT2D eigenvalue weighted by atomic mass is 32.2. The van der Waals surface area contributed by atoms with Crippen LogP contribution in [-0.4, -0.2) is 21.6 Å². The van der Waals surface area contributed by atoms with Crippen LogP contribution in [0.2, 0.25) is 0 Å². The van der Waals surface area contributed by atoms with Crippen LogP contribution in [0.3, 0.4) is 0 Å². The smallest absolute Gasteiger partial charge is 0.240 e. The molecule has 0 aliphatic rings. The van der Waals surface area contributed by atoms with Crippen molar-refractivity contribution in [2.75, 3.05) is 13.2 Å². The number of ether oxygens (including phenoxy) is 2. The van der Waals surface area contributed by atoms with Gasteiger partial charge in [-0.25, -0.2) is 13.1 Å². The molecule has 130 valence electrons. The minimum atomic E-state index is -3.56. The van der Waals surface area contributed by atoms with Crippen molar-refractivity contribution < 1.29 is 17.9 Å². The number of hydrogen-bond acceptors (Lipinski definition) is 4. The Morgan fingerprint density at radius 1 is 0.958 bits per heavy atom. The number of nitrogens with one attached hydrogen (secondary N) is 1. The van der Waals surface area contributed by atoms with Crippen LogP contribution in [0, 0.1) is 6.92 Å². The molecule has 2 rings (SSSR count). The van der Waals surface area contributed by atoms with Gasteiger partial charge in [0.2, 0.25) is 10.0 Å². The lowest BCUT2D eigenvalue weighted by atomic mass is 10.1. The average molecular weight is 349 g/mol. The molecule has 0 atom stereocenters. The second-order valence-electron chi connectivity index (χ2n) is 5.26. The van der Waals surface area contributed by atoms with Crippen molar-refractivity contribution in [1.29, 1.82) is 0 Å². The third kappa shape index (κ3) is 4.72. The van der Waals surface area contributed by atoms with Gasteiger partial charge in [0.05, 0.1) is 18.1 Å². The summed E-state index contributed by atoms with van der Waals surface area (Å²) in [5, 5.41) is 0. The molecule has 0 amide bonds. The van der Waals surface area contributed by atoms with E-state index >= 15 is 0 Å². The van der Waals surface area contributed by atoms with Gasteiger partial charge >= 0.3 is 0 Å². The Kier molecular flexibility index (Phi) is 6.23. The first-order valence-corrected chi connectivity index (χ1v) is 9.39. The Balaban J connectivity index is 2.05. The Bertz CT molecular complexity index is 770. The number of aryl methyl sites for hydroxylation is 1. The first-order chi connectivity index (χ1) is 11.5. The van der Waals surface area contributed by atoms with Crippen LogP contribution < -0.4 is 14.2 Å². The molecule has 0 bridgehead atoms. The molecule has 2 aromatic rings. The summed E-state index contributed by atoms with van der Waals surface area (Å²) in [6.45, 7) is 7.12. The van der Waals surface area contributed by atoms with Gasteiger partial charge in [0.1, 0.15) is 11.5 Å². The van der Waals surface area contributed by atoms with E-state index in [1.54, 1.807) is 12.1 Å². The maximum atomic E-state index is 12.4. The van der Waals surface area contributed by atoms with E-state index in [0.29, 0.717) is 19.0 Å². The largest absolute Gasteiger partial charge is 0.494 e. The van der Waals surface area contributed by atoms with E-state index in [1.165, 1.54) is 12.1 Å². The molecule has 0 aromatic heterocycles. The monoisotopic (exact) mass is 349 g/mol. The molecule has 0 radical (unpaired) electrons. The molecule has 6 heteroatoms. The van der Waals surface area contributed by atoms with Gasteiger partial charge in [0.15, 0.2) is 0 Å². The van der Waals surface area contributed by atoms with Crippen molar-refractivity contribution in [2.45, 2.75) is 32.2 Å². The van der Waals surface area contributed by atoms with Crippen LogP contribution in [0.25, 0.3) is 0 Å². The van der Waals surface area contributed by atoms with Gasteiger partial charge < -0.3 is 9.47 Å². The highest BCUT2D eigenvalue weighted by Gasteiger charge is 2.14. The van der Waals surface area contributed by atoms with Crippen molar-refractivity contribution in [3.05, 3.63) is 53.6 Å². The molecule has 0 aliphatic heterocycles. The topological polar surface area (TPSA) is 64.6 Å². The van der Waals surface area contributed by atoms with Crippen LogP contribution in [-0.2, 0) is 16.6 Å². The van der Waals surface area contributed by atoms with Gasteiger partial charge in [0.25, 0.3) is 0 Å². The molecular formula is C18H23NO4S. The van der Waals surface area contributed by atoms with E-state index in [4.69, 9.17) is 9.47 Å². The molecule has 24 heavy (non-hydrogen) atoms. The van der Waals surface area contributed by atoms with E-state index in [2.05, 4.69) is 4.72 Å². The highest BCUT2D eigenvalue weighted by Crippen LogP contribution is 2.20. The predicted molar refractivity (Wildman–Crippen MR) is 94.0 cm³/mol. The summed E-state index contributed by atoms with van der Waals surface area (Å²) in [6.07, 6.45) is 0. The minimum Gasteiger partial charge on any atom is -0.494 e. The molecule has 0 unspecified atom stereocenters. The third-order valence-electron chi connectivity index (χ3n) is 3.45. The zero-order valence-electron chi connectivity index (χ0n) is 14.2. The fourth-order valence-electron chi connectivity index (χ4n) is 2.28. The SMILES string of the molecule is CCOc1ccc(S(=O)(=O)NCc2ccc(OCC)c(C)c2)cc1. The first-order valence-electron chi connectivity index (χ1n) is 7.91. The normalized spacial score (nSPS) is 11.3. The summed E-state index contributed by atoms with van der Waals surface area (Å²) in [7, 11) is -3.56. The number of sulfonamides is 1. The Morgan fingerprint density at radius 3 is 2.21 bits per heavy atom. The lowest BCUT2D eigenvalue weighted by Gasteiger charge is -2.11. The summed E-state index contributed by atoms with van der Waals surface area (Å²) in [5.41, 5.74) is 1.86. The van der Waals surface area contributed by atoms with Gasteiger partial charge in [-0.05, 0) is 62.2 Å². The lowest BCUT2D eigenvalue weighted by Crippen LogP contribution is -2.23. The second kappa shape index (κ2) is 8.17. The van der Waals surface area contributed by atoms with E-state index in [1.807, 2.05) is 39.0 Å². The van der Waals surface area contributed by atoms with Gasteiger partial charge in [-0.1, -0.05) is 12.1 Å². The molecule has 0 aliphatic carbocycles. The predicted octanol–water partition coefficient (Wildman–Crippen LogP) is 3.27. The summed E-state index contributed by atoms with van der Waals surface area (Å²) >= 11 is 0. The Hall–Kier alpha value is -2.05. The number of rotatable bonds is 8. The fraction of sp³-hybridized carbons (Fsp3) is 0.333. The summed E-state index contributed by atoms with van der Waals surface area (Å²) in [6, 6.07) is 12.0. The molecule has 5 nitrogen and oxygen atoms in total. The maximum absolute atomic E-state index is 12.4. The standard InChI is InChI=1S/C18H23NO4S/c1-4-22-16-7-9-17(10-8-16)24(20,21)19-13-15-6-11-18(23-5-2)14(3)12-15/h6-12,19H,4-5,13H2,1-3H3. The van der Waals surface area contributed by atoms with E-state index in [-0.39, 0.29) is 11.4 Å². The Labute approximate surface area is 143 Å². The van der Waals surface area contributed by atoms with Crippen molar-refractivity contribution >= 4 is 10.0 Å². The van der Waals surface area contributed by atoms with Crippen molar-refractivity contribution in [2.24, 2.45) is 0 Å². The van der Waals surface area contributed by atoms with Gasteiger partial charge in [-0.2, -0.15) is 0 Å². The molecular weight excluding hydrogens is 326 g/mol. The molecule has 0 fully saturated rings. The van der Waals surface area contributed by atoms with Crippen LogP contribution in [0.15, 0.2) is 47.4 Å². The fourth-order valence-corrected chi connectivity index (χ4v) is 3.30. The van der Waals surface area contributed by atoms with Crippen LogP contribution in [0.1, 0.15) is 25.0 Å². The molecule has 0 heterocycles. The number of benzene rings is 2. The van der Waals surface area contributed by atoms with Crippen molar-refractivity contribution in [1.82, 2.24) is 4.72 Å². The first kappa shape index (κ1) is 18.3. The molecule has 0 saturated carbocycles. The summed E-state index contributed by atoms with van der Waals surface area (Å²) in [4.78, 5) is 0.216. The quantitative estimate of drug-likeness (QED) is 0.794. The van der Waals surface area contributed by atoms with Gasteiger partial charge in [0, 0.05) is 6.54 Å². The lowest BCUT2D eigenvalue weighted by molar-refractivity contribution is 0.338. The number of hydrogen-bond donors (Lipinski definition) is 1. The van der Waals surface area contributed by atoms with E-state index in [0.717, 1.165) is 16.9 Å². The van der Waals surface area contributed by atoms with Crippen LogP contribution >= 0.6 is 0 Å². The second-order valence-corrected chi connectivity index (χ2v) is 7.03. The molecule has 1 N–H and O–H groups in total.